The Labute approximate surface area is 234 Å². The van der Waals surface area contributed by atoms with Gasteiger partial charge in [-0.15, -0.1) is 5.10 Å². The van der Waals surface area contributed by atoms with Crippen molar-refractivity contribution in [3.05, 3.63) is 101 Å². The molecule has 40 heavy (non-hydrogen) atoms. The maximum atomic E-state index is 14.5. The van der Waals surface area contributed by atoms with Crippen LogP contribution >= 0.6 is 11.6 Å². The number of piperidine rings is 1. The molecule has 1 saturated heterocycles. The molecule has 0 radical (unpaired) electrons. The molecule has 1 aliphatic rings. The maximum absolute atomic E-state index is 14.5. The number of likely N-dealkylation sites (tertiary alicyclic amines) is 1. The van der Waals surface area contributed by atoms with E-state index in [-0.39, 0.29) is 35.0 Å². The highest BCUT2D eigenvalue weighted by molar-refractivity contribution is 6.30. The molecule has 1 fully saturated rings. The Balaban J connectivity index is 1.05. The van der Waals surface area contributed by atoms with Crippen LogP contribution in [0.2, 0.25) is 5.02 Å². The lowest BCUT2D eigenvalue weighted by Crippen LogP contribution is -2.38. The van der Waals surface area contributed by atoms with Gasteiger partial charge in [0.25, 0.3) is 5.91 Å². The fourth-order valence-corrected chi connectivity index (χ4v) is 5.27. The predicted molar refractivity (Wildman–Crippen MR) is 149 cm³/mol. The van der Waals surface area contributed by atoms with E-state index in [0.29, 0.717) is 24.5 Å². The van der Waals surface area contributed by atoms with Gasteiger partial charge < -0.3 is 10.2 Å². The molecule has 1 aliphatic heterocycles. The van der Waals surface area contributed by atoms with E-state index in [1.165, 1.54) is 29.2 Å². The average Bonchev–Trinajstić information content (AvgIpc) is 3.61. The second-order valence-electron chi connectivity index (χ2n) is 9.72. The summed E-state index contributed by atoms with van der Waals surface area (Å²) in [7, 11) is 0. The van der Waals surface area contributed by atoms with Crippen molar-refractivity contribution in [1.82, 2.24) is 29.4 Å². The summed E-state index contributed by atoms with van der Waals surface area (Å²) in [5, 5.41) is 11.3. The summed E-state index contributed by atoms with van der Waals surface area (Å²) in [6.45, 7) is 1.21. The topological polar surface area (TPSA) is 97.9 Å². The van der Waals surface area contributed by atoms with Gasteiger partial charge in [-0.05, 0) is 66.8 Å². The van der Waals surface area contributed by atoms with Crippen LogP contribution in [0.4, 0.5) is 10.1 Å². The maximum Gasteiger partial charge on any atom is 0.272 e. The first-order valence-electron chi connectivity index (χ1n) is 12.9. The van der Waals surface area contributed by atoms with Crippen molar-refractivity contribution in [1.29, 1.82) is 0 Å². The van der Waals surface area contributed by atoms with E-state index in [1.54, 1.807) is 15.6 Å². The molecular weight excluding hydrogens is 533 g/mol. The van der Waals surface area contributed by atoms with Crippen LogP contribution in [-0.4, -0.2) is 54.3 Å². The van der Waals surface area contributed by atoms with Crippen LogP contribution in [0.15, 0.2) is 79.3 Å². The van der Waals surface area contributed by atoms with E-state index < -0.39 is 5.82 Å². The standard InChI is InChI=1S/C29H25ClFN7O2/c30-21-7-10-25(23(31)15-21)37-18-32-16-27(37)29(40)36-13-11-20(12-14-36)19-5-8-22(9-6-19)33-28(39)17-38-26-4-2-1-3-24(26)34-35-38/h1-10,15-16,18,20H,11-14,17H2,(H,33,39). The zero-order chi connectivity index (χ0) is 27.6. The third kappa shape index (κ3) is 5.17. The van der Waals surface area contributed by atoms with Crippen molar-refractivity contribution in [2.24, 2.45) is 0 Å². The lowest BCUT2D eigenvalue weighted by atomic mass is 9.89. The van der Waals surface area contributed by atoms with Crippen molar-refractivity contribution in [3.8, 4) is 5.69 Å². The molecule has 9 nitrogen and oxygen atoms in total. The number of anilines is 1. The van der Waals surface area contributed by atoms with Gasteiger partial charge in [-0.3, -0.25) is 14.2 Å². The molecule has 0 bridgehead atoms. The van der Waals surface area contributed by atoms with E-state index in [2.05, 4.69) is 20.6 Å². The number of para-hydroxylation sites is 1. The number of rotatable bonds is 6. The van der Waals surface area contributed by atoms with Crippen molar-refractivity contribution in [2.75, 3.05) is 18.4 Å². The first kappa shape index (κ1) is 25.7. The second kappa shape index (κ2) is 10.9. The number of halogens is 2. The molecule has 6 rings (SSSR count). The minimum Gasteiger partial charge on any atom is -0.337 e. The monoisotopic (exact) mass is 557 g/mol. The molecule has 0 saturated carbocycles. The molecule has 3 aromatic carbocycles. The van der Waals surface area contributed by atoms with Gasteiger partial charge in [-0.2, -0.15) is 0 Å². The minimum atomic E-state index is -0.523. The van der Waals surface area contributed by atoms with Gasteiger partial charge in [-0.25, -0.2) is 14.1 Å². The smallest absolute Gasteiger partial charge is 0.272 e. The highest BCUT2D eigenvalue weighted by Gasteiger charge is 2.27. The number of hydrogen-bond acceptors (Lipinski definition) is 5. The zero-order valence-corrected chi connectivity index (χ0v) is 22.1. The zero-order valence-electron chi connectivity index (χ0n) is 21.4. The summed E-state index contributed by atoms with van der Waals surface area (Å²) in [4.78, 5) is 31.7. The predicted octanol–water partition coefficient (Wildman–Crippen LogP) is 5.07. The number of hydrogen-bond donors (Lipinski definition) is 1. The lowest BCUT2D eigenvalue weighted by molar-refractivity contribution is -0.116. The van der Waals surface area contributed by atoms with Crippen LogP contribution in [0.5, 0.6) is 0 Å². The number of fused-ring (bicyclic) bond motifs is 1. The minimum absolute atomic E-state index is 0.0678. The van der Waals surface area contributed by atoms with E-state index in [9.17, 15) is 14.0 Å². The number of benzene rings is 3. The van der Waals surface area contributed by atoms with Crippen LogP contribution in [0.25, 0.3) is 16.7 Å². The molecule has 3 heterocycles. The van der Waals surface area contributed by atoms with Crippen molar-refractivity contribution in [3.63, 3.8) is 0 Å². The third-order valence-corrected chi connectivity index (χ3v) is 7.42. The highest BCUT2D eigenvalue weighted by atomic mass is 35.5. The largest absolute Gasteiger partial charge is 0.337 e. The molecule has 2 aromatic heterocycles. The number of carbonyl (C=O) groups excluding carboxylic acids is 2. The number of imidazole rings is 1. The summed E-state index contributed by atoms with van der Waals surface area (Å²) < 4.78 is 17.5. The molecule has 5 aromatic rings. The first-order valence-corrected chi connectivity index (χ1v) is 13.3. The van der Waals surface area contributed by atoms with E-state index >= 15 is 0 Å². The van der Waals surface area contributed by atoms with Crippen molar-refractivity contribution < 1.29 is 14.0 Å². The fraction of sp³-hybridized carbons (Fsp3) is 0.207. The van der Waals surface area contributed by atoms with Gasteiger partial charge in [0.1, 0.15) is 23.6 Å². The van der Waals surface area contributed by atoms with Crippen molar-refractivity contribution >= 4 is 40.1 Å². The molecule has 2 amide bonds. The first-order chi connectivity index (χ1) is 19.5. The lowest BCUT2D eigenvalue weighted by Gasteiger charge is -2.32. The molecule has 0 unspecified atom stereocenters. The highest BCUT2D eigenvalue weighted by Crippen LogP contribution is 2.30. The number of carbonyl (C=O) groups is 2. The Kier molecular flexibility index (Phi) is 7.00. The Bertz CT molecular complexity index is 1690. The number of nitrogens with one attached hydrogen (secondary N) is 1. The Morgan fingerprint density at radius 1 is 1.02 bits per heavy atom. The molecular formula is C29H25ClFN7O2. The summed E-state index contributed by atoms with van der Waals surface area (Å²) >= 11 is 5.88. The van der Waals surface area contributed by atoms with Crippen LogP contribution in [-0.2, 0) is 11.3 Å². The Morgan fingerprint density at radius 2 is 1.80 bits per heavy atom. The summed E-state index contributed by atoms with van der Waals surface area (Å²) in [6.07, 6.45) is 4.47. The average molecular weight is 558 g/mol. The van der Waals surface area contributed by atoms with E-state index in [0.717, 1.165) is 29.4 Å². The molecule has 0 atom stereocenters. The van der Waals surface area contributed by atoms with E-state index in [1.807, 2.05) is 48.5 Å². The van der Waals surface area contributed by atoms with Gasteiger partial charge >= 0.3 is 0 Å². The quantitative estimate of drug-likeness (QED) is 0.314. The van der Waals surface area contributed by atoms with Gasteiger partial charge in [0.15, 0.2) is 0 Å². The molecule has 0 aliphatic carbocycles. The van der Waals surface area contributed by atoms with Crippen molar-refractivity contribution in [2.45, 2.75) is 25.3 Å². The van der Waals surface area contributed by atoms with Crippen LogP contribution in [0.3, 0.4) is 0 Å². The summed E-state index contributed by atoms with van der Waals surface area (Å²) in [5.74, 6) is -0.616. The molecule has 202 valence electrons. The van der Waals surface area contributed by atoms with Crippen LogP contribution in [0.1, 0.15) is 34.8 Å². The second-order valence-corrected chi connectivity index (χ2v) is 10.2. The Morgan fingerprint density at radius 3 is 2.58 bits per heavy atom. The Hall–Kier alpha value is -4.57. The summed E-state index contributed by atoms with van der Waals surface area (Å²) in [6, 6.07) is 19.6. The van der Waals surface area contributed by atoms with Crippen LogP contribution < -0.4 is 5.32 Å². The van der Waals surface area contributed by atoms with E-state index in [4.69, 9.17) is 11.6 Å². The van der Waals surface area contributed by atoms with Gasteiger partial charge in [0.2, 0.25) is 5.91 Å². The molecule has 1 N–H and O–H groups in total. The van der Waals surface area contributed by atoms with Gasteiger partial charge in [0, 0.05) is 23.8 Å². The van der Waals surface area contributed by atoms with Crippen LogP contribution in [0, 0.1) is 5.82 Å². The molecule has 0 spiro atoms. The normalized spacial score (nSPS) is 14.0. The molecule has 11 heteroatoms. The fourth-order valence-electron chi connectivity index (χ4n) is 5.11. The van der Waals surface area contributed by atoms with Gasteiger partial charge in [-0.1, -0.05) is 41.1 Å². The van der Waals surface area contributed by atoms with Gasteiger partial charge in [0.05, 0.1) is 23.7 Å². The summed E-state index contributed by atoms with van der Waals surface area (Å²) in [5.41, 5.74) is 3.93. The number of nitrogens with zero attached hydrogens (tertiary/aromatic N) is 6. The number of aromatic nitrogens is 5. The third-order valence-electron chi connectivity index (χ3n) is 7.19. The SMILES string of the molecule is O=C(Cn1nnc2ccccc21)Nc1ccc(C2CCN(C(=O)c3cncn3-c3ccc(Cl)cc3F)CC2)cc1. The number of amides is 2.